The van der Waals surface area contributed by atoms with Crippen LogP contribution in [-0.2, 0) is 4.74 Å². The van der Waals surface area contributed by atoms with E-state index in [4.69, 9.17) is 0 Å². The zero-order valence-electron chi connectivity index (χ0n) is 10.6. The Bertz CT molecular complexity index is 327. The second-order valence-electron chi connectivity index (χ2n) is 4.87. The van der Waals surface area contributed by atoms with Gasteiger partial charge in [-0.1, -0.05) is 13.3 Å². The van der Waals surface area contributed by atoms with E-state index in [9.17, 15) is 31.1 Å². The lowest BCUT2D eigenvalue weighted by molar-refractivity contribution is -0.256. The van der Waals surface area contributed by atoms with Crippen LogP contribution < -0.4 is 5.32 Å². The van der Waals surface area contributed by atoms with Crippen molar-refractivity contribution in [2.45, 2.75) is 57.1 Å². The molecule has 0 bridgehead atoms. The van der Waals surface area contributed by atoms with Crippen LogP contribution in [0, 0.1) is 5.92 Å². The molecule has 0 aromatic rings. The molecule has 1 aliphatic rings. The van der Waals surface area contributed by atoms with Crippen LogP contribution in [0.1, 0.15) is 32.6 Å². The lowest BCUT2D eigenvalue weighted by Gasteiger charge is -2.30. The quantitative estimate of drug-likeness (QED) is 0.788. The van der Waals surface area contributed by atoms with Crippen molar-refractivity contribution < 1.29 is 35.9 Å². The smallest absolute Gasteiger partial charge is 0.417 e. The predicted molar refractivity (Wildman–Crippen MR) is 56.9 cm³/mol. The molecule has 2 atom stereocenters. The van der Waals surface area contributed by atoms with Crippen LogP contribution in [0.2, 0.25) is 0 Å². The molecule has 0 aromatic carbocycles. The summed E-state index contributed by atoms with van der Waals surface area (Å²) in [6.07, 6.45) is -10.8. The summed E-state index contributed by atoms with van der Waals surface area (Å²) in [6.45, 7) is 1.74. The van der Waals surface area contributed by atoms with Crippen molar-refractivity contribution >= 4 is 6.09 Å². The van der Waals surface area contributed by atoms with E-state index in [-0.39, 0.29) is 5.92 Å². The summed E-state index contributed by atoms with van der Waals surface area (Å²) in [6, 6.07) is -3.92. The molecule has 1 saturated carbocycles. The van der Waals surface area contributed by atoms with Gasteiger partial charge >= 0.3 is 18.4 Å². The number of nitrogens with one attached hydrogen (secondary N) is 1. The highest BCUT2D eigenvalue weighted by Gasteiger charge is 2.58. The Morgan fingerprint density at radius 3 is 2.05 bits per heavy atom. The zero-order chi connectivity index (χ0) is 15.6. The third kappa shape index (κ3) is 4.75. The number of rotatable bonds is 2. The van der Waals surface area contributed by atoms with Gasteiger partial charge in [0.2, 0.25) is 6.04 Å². The molecular weight excluding hydrogens is 292 g/mol. The summed E-state index contributed by atoms with van der Waals surface area (Å²) < 4.78 is 78.1. The predicted octanol–water partition coefficient (Wildman–Crippen LogP) is 3.78. The Morgan fingerprint density at radius 1 is 1.10 bits per heavy atom. The molecule has 1 rings (SSSR count). The SMILES string of the molecule is C[C@@H]1CCCC[C@H]1OC(=O)NC(C(F)(F)F)C(F)(F)F. The van der Waals surface area contributed by atoms with Crippen LogP contribution in [-0.4, -0.2) is 30.6 Å². The van der Waals surface area contributed by atoms with Gasteiger partial charge in [0.15, 0.2) is 0 Å². The fourth-order valence-electron chi connectivity index (χ4n) is 2.10. The van der Waals surface area contributed by atoms with Gasteiger partial charge in [0.05, 0.1) is 0 Å². The monoisotopic (exact) mass is 307 g/mol. The molecule has 0 aromatic heterocycles. The Balaban J connectivity index is 2.63. The molecule has 1 N–H and O–H groups in total. The van der Waals surface area contributed by atoms with Crippen LogP contribution in [0.3, 0.4) is 0 Å². The lowest BCUT2D eigenvalue weighted by atomic mass is 9.88. The minimum atomic E-state index is -5.62. The molecular formula is C11H15F6NO2. The van der Waals surface area contributed by atoms with Crippen molar-refractivity contribution in [2.24, 2.45) is 5.92 Å². The van der Waals surface area contributed by atoms with E-state index in [1.54, 1.807) is 6.92 Å². The molecule has 0 radical (unpaired) electrons. The number of alkyl carbamates (subject to hydrolysis) is 1. The van der Waals surface area contributed by atoms with Gasteiger partial charge in [-0.15, -0.1) is 0 Å². The topological polar surface area (TPSA) is 38.3 Å². The van der Waals surface area contributed by atoms with Crippen molar-refractivity contribution in [2.75, 3.05) is 0 Å². The number of halogens is 6. The highest BCUT2D eigenvalue weighted by molar-refractivity contribution is 5.68. The Morgan fingerprint density at radius 2 is 1.60 bits per heavy atom. The number of carbonyl (C=O) groups excluding carboxylic acids is 1. The molecule has 3 nitrogen and oxygen atoms in total. The van der Waals surface area contributed by atoms with Crippen LogP contribution >= 0.6 is 0 Å². The third-order valence-electron chi connectivity index (χ3n) is 3.21. The minimum Gasteiger partial charge on any atom is -0.446 e. The van der Waals surface area contributed by atoms with Crippen molar-refractivity contribution in [1.82, 2.24) is 5.32 Å². The van der Waals surface area contributed by atoms with Gasteiger partial charge in [-0.05, 0) is 25.2 Å². The summed E-state index contributed by atoms with van der Waals surface area (Å²) in [5.41, 5.74) is 0. The molecule has 1 fully saturated rings. The van der Waals surface area contributed by atoms with Crippen molar-refractivity contribution in [3.05, 3.63) is 0 Å². The van der Waals surface area contributed by atoms with Gasteiger partial charge < -0.3 is 10.1 Å². The number of amides is 1. The lowest BCUT2D eigenvalue weighted by Crippen LogP contribution is -2.55. The first-order valence-electron chi connectivity index (χ1n) is 6.12. The first-order chi connectivity index (χ1) is 9.01. The Hall–Kier alpha value is -1.15. The summed E-state index contributed by atoms with van der Waals surface area (Å²) in [5, 5.41) is 0.854. The molecule has 20 heavy (non-hydrogen) atoms. The number of ether oxygens (including phenoxy) is 1. The molecule has 1 aliphatic carbocycles. The first kappa shape index (κ1) is 16.9. The number of hydrogen-bond donors (Lipinski definition) is 1. The van der Waals surface area contributed by atoms with E-state index in [0.29, 0.717) is 6.42 Å². The van der Waals surface area contributed by atoms with E-state index in [1.165, 1.54) is 0 Å². The average molecular weight is 307 g/mol. The highest BCUT2D eigenvalue weighted by Crippen LogP contribution is 2.33. The second kappa shape index (κ2) is 6.09. The third-order valence-corrected chi connectivity index (χ3v) is 3.21. The summed E-state index contributed by atoms with van der Waals surface area (Å²) in [7, 11) is 0. The average Bonchev–Trinajstić information content (AvgIpc) is 2.26. The number of alkyl halides is 6. The zero-order valence-corrected chi connectivity index (χ0v) is 10.6. The Kier molecular flexibility index (Phi) is 5.15. The standard InChI is InChI=1S/C11H15F6NO2/c1-6-4-2-3-5-7(6)20-9(19)18-8(10(12,13)14)11(15,16)17/h6-8H,2-5H2,1H3,(H,18,19)/t6-,7-/m1/s1. The van der Waals surface area contributed by atoms with Gasteiger partial charge in [0, 0.05) is 0 Å². The molecule has 0 aliphatic heterocycles. The van der Waals surface area contributed by atoms with E-state index in [1.807, 2.05) is 0 Å². The summed E-state index contributed by atoms with van der Waals surface area (Å²) in [4.78, 5) is 11.2. The van der Waals surface area contributed by atoms with Crippen molar-refractivity contribution in [3.63, 3.8) is 0 Å². The van der Waals surface area contributed by atoms with Gasteiger partial charge in [-0.25, -0.2) is 4.79 Å². The van der Waals surface area contributed by atoms with Gasteiger partial charge in [-0.2, -0.15) is 26.3 Å². The number of carbonyl (C=O) groups is 1. The van der Waals surface area contributed by atoms with E-state index < -0.39 is 30.6 Å². The van der Waals surface area contributed by atoms with Crippen LogP contribution in [0.5, 0.6) is 0 Å². The molecule has 0 saturated heterocycles. The summed E-state index contributed by atoms with van der Waals surface area (Å²) in [5.74, 6) is -0.0790. The van der Waals surface area contributed by atoms with Crippen LogP contribution in [0.4, 0.5) is 31.1 Å². The maximum absolute atomic E-state index is 12.2. The first-order valence-corrected chi connectivity index (χ1v) is 6.12. The largest absolute Gasteiger partial charge is 0.446 e. The maximum atomic E-state index is 12.2. The molecule has 1 amide bonds. The fraction of sp³-hybridized carbons (Fsp3) is 0.909. The van der Waals surface area contributed by atoms with Gasteiger partial charge in [0.25, 0.3) is 0 Å². The van der Waals surface area contributed by atoms with Crippen LogP contribution in [0.15, 0.2) is 0 Å². The molecule has 0 heterocycles. The summed E-state index contributed by atoms with van der Waals surface area (Å²) >= 11 is 0. The second-order valence-corrected chi connectivity index (χ2v) is 4.87. The van der Waals surface area contributed by atoms with E-state index in [0.717, 1.165) is 24.6 Å². The highest BCUT2D eigenvalue weighted by atomic mass is 19.4. The normalized spacial score (nSPS) is 24.6. The Labute approximate surface area is 111 Å². The van der Waals surface area contributed by atoms with Gasteiger partial charge in [0.1, 0.15) is 6.10 Å². The molecule has 9 heteroatoms. The molecule has 0 unspecified atom stereocenters. The molecule has 118 valence electrons. The fourth-order valence-corrected chi connectivity index (χ4v) is 2.10. The molecule has 0 spiro atoms. The maximum Gasteiger partial charge on any atom is 0.417 e. The minimum absolute atomic E-state index is 0.0790. The van der Waals surface area contributed by atoms with E-state index >= 15 is 0 Å². The van der Waals surface area contributed by atoms with E-state index in [2.05, 4.69) is 4.74 Å². The number of hydrogen-bond acceptors (Lipinski definition) is 2. The van der Waals surface area contributed by atoms with Crippen LogP contribution in [0.25, 0.3) is 0 Å². The van der Waals surface area contributed by atoms with Gasteiger partial charge in [-0.3, -0.25) is 0 Å². The van der Waals surface area contributed by atoms with Crippen molar-refractivity contribution in [1.29, 1.82) is 0 Å². The van der Waals surface area contributed by atoms with Crippen molar-refractivity contribution in [3.8, 4) is 0 Å².